The van der Waals surface area contributed by atoms with Gasteiger partial charge in [0.2, 0.25) is 0 Å². The van der Waals surface area contributed by atoms with Crippen LogP contribution in [0.25, 0.3) is 0 Å². The average Bonchev–Trinajstić information content (AvgIpc) is 2.19. The number of rotatable bonds is 8. The van der Waals surface area contributed by atoms with Crippen molar-refractivity contribution in [2.75, 3.05) is 13.2 Å². The van der Waals surface area contributed by atoms with Gasteiger partial charge in [-0.05, 0) is 12.8 Å². The molecule has 0 heterocycles. The quantitative estimate of drug-likeness (QED) is 0.521. The van der Waals surface area contributed by atoms with E-state index in [1.807, 2.05) is 6.92 Å². The van der Waals surface area contributed by atoms with Gasteiger partial charge in [-0.1, -0.05) is 33.1 Å². The van der Waals surface area contributed by atoms with Crippen molar-refractivity contribution < 1.29 is 9.53 Å². The summed E-state index contributed by atoms with van der Waals surface area (Å²) in [6, 6.07) is 0. The highest BCUT2D eigenvalue weighted by molar-refractivity contribution is 5.85. The Kier molecular flexibility index (Phi) is 13.5. The van der Waals surface area contributed by atoms with E-state index < -0.39 is 0 Å². The predicted octanol–water partition coefficient (Wildman–Crippen LogP) is 2.52. The van der Waals surface area contributed by atoms with E-state index in [4.69, 9.17) is 10.5 Å². The van der Waals surface area contributed by atoms with Crippen LogP contribution in [-0.2, 0) is 9.53 Å². The lowest BCUT2D eigenvalue weighted by Crippen LogP contribution is -2.25. The summed E-state index contributed by atoms with van der Waals surface area (Å²) >= 11 is 0. The maximum atomic E-state index is 11.3. The lowest BCUT2D eigenvalue weighted by atomic mass is 10.1. The summed E-state index contributed by atoms with van der Waals surface area (Å²) in [6.07, 6.45) is 5.30. The minimum atomic E-state index is -0.133. The molecule has 0 aliphatic heterocycles. The third-order valence-corrected chi connectivity index (χ3v) is 2.35. The van der Waals surface area contributed by atoms with Gasteiger partial charge in [-0.25, -0.2) is 0 Å². The molecular weight excluding hydrogens is 214 g/mol. The van der Waals surface area contributed by atoms with Crippen molar-refractivity contribution in [2.45, 2.75) is 46.0 Å². The molecule has 0 aliphatic rings. The summed E-state index contributed by atoms with van der Waals surface area (Å²) in [4.78, 5) is 11.3. The molecule has 0 saturated heterocycles. The highest BCUT2D eigenvalue weighted by atomic mass is 35.5. The van der Waals surface area contributed by atoms with E-state index in [2.05, 4.69) is 6.92 Å². The molecule has 2 N–H and O–H groups in total. The van der Waals surface area contributed by atoms with E-state index in [0.29, 0.717) is 13.2 Å². The number of hydrogen-bond donors (Lipinski definition) is 1. The maximum absolute atomic E-state index is 11.3. The summed E-state index contributed by atoms with van der Waals surface area (Å²) in [5, 5.41) is 0. The second kappa shape index (κ2) is 11.8. The smallest absolute Gasteiger partial charge is 0.310 e. The van der Waals surface area contributed by atoms with Crippen LogP contribution in [0.5, 0.6) is 0 Å². The molecule has 92 valence electrons. The van der Waals surface area contributed by atoms with Gasteiger partial charge < -0.3 is 10.5 Å². The molecule has 0 fully saturated rings. The summed E-state index contributed by atoms with van der Waals surface area (Å²) in [5.41, 5.74) is 5.44. The van der Waals surface area contributed by atoms with E-state index in [1.165, 1.54) is 12.8 Å². The zero-order valence-corrected chi connectivity index (χ0v) is 10.6. The van der Waals surface area contributed by atoms with Crippen molar-refractivity contribution in [3.63, 3.8) is 0 Å². The first-order valence-corrected chi connectivity index (χ1v) is 5.62. The molecule has 0 aliphatic carbocycles. The van der Waals surface area contributed by atoms with Crippen LogP contribution in [0.15, 0.2) is 0 Å². The van der Waals surface area contributed by atoms with Gasteiger partial charge in [0.15, 0.2) is 0 Å². The lowest BCUT2D eigenvalue weighted by molar-refractivity contribution is -0.148. The number of esters is 1. The number of halogens is 1. The molecule has 0 rings (SSSR count). The van der Waals surface area contributed by atoms with Crippen molar-refractivity contribution >= 4 is 18.4 Å². The highest BCUT2D eigenvalue weighted by Gasteiger charge is 2.15. The monoisotopic (exact) mass is 237 g/mol. The van der Waals surface area contributed by atoms with Crippen molar-refractivity contribution in [3.05, 3.63) is 0 Å². The van der Waals surface area contributed by atoms with Crippen molar-refractivity contribution in [2.24, 2.45) is 11.7 Å². The fourth-order valence-electron chi connectivity index (χ4n) is 1.25. The average molecular weight is 238 g/mol. The van der Waals surface area contributed by atoms with Crippen molar-refractivity contribution in [1.82, 2.24) is 0 Å². The fourth-order valence-corrected chi connectivity index (χ4v) is 1.25. The molecular formula is C11H24ClNO2. The molecule has 4 heteroatoms. The van der Waals surface area contributed by atoms with E-state index in [1.54, 1.807) is 0 Å². The normalized spacial score (nSPS) is 11.7. The van der Waals surface area contributed by atoms with Crippen LogP contribution in [0.4, 0.5) is 0 Å². The summed E-state index contributed by atoms with van der Waals surface area (Å²) in [7, 11) is 0. The summed E-state index contributed by atoms with van der Waals surface area (Å²) < 4.78 is 5.11. The number of hydrogen-bond acceptors (Lipinski definition) is 3. The molecule has 0 unspecified atom stereocenters. The minimum absolute atomic E-state index is 0. The largest absolute Gasteiger partial charge is 0.465 e. The second-order valence-corrected chi connectivity index (χ2v) is 3.57. The molecule has 0 aromatic rings. The molecule has 0 amide bonds. The molecule has 1 atom stereocenters. The second-order valence-electron chi connectivity index (χ2n) is 3.57. The molecule has 0 aromatic carbocycles. The topological polar surface area (TPSA) is 52.3 Å². The molecule has 3 nitrogen and oxygen atoms in total. The number of ether oxygens (including phenoxy) is 1. The standard InChI is InChI=1S/C11H23NO2.ClH/c1-3-5-6-7-8-14-11(13)10(4-2)9-12;/h10H,3-9,12H2,1-2H3;1H/t10-;/m0./s1. The Balaban J connectivity index is 0. The summed E-state index contributed by atoms with van der Waals surface area (Å²) in [5.74, 6) is -0.243. The maximum Gasteiger partial charge on any atom is 0.310 e. The van der Waals surface area contributed by atoms with Crippen LogP contribution in [0.2, 0.25) is 0 Å². The molecule has 0 bridgehead atoms. The Morgan fingerprint density at radius 1 is 1.27 bits per heavy atom. The third kappa shape index (κ3) is 8.70. The van der Waals surface area contributed by atoms with E-state index in [-0.39, 0.29) is 24.3 Å². The fraction of sp³-hybridized carbons (Fsp3) is 0.909. The van der Waals surface area contributed by atoms with Crippen LogP contribution in [0.3, 0.4) is 0 Å². The van der Waals surface area contributed by atoms with Crippen LogP contribution in [0.1, 0.15) is 46.0 Å². The molecule has 0 radical (unpaired) electrons. The Morgan fingerprint density at radius 3 is 2.40 bits per heavy atom. The summed E-state index contributed by atoms with van der Waals surface area (Å²) in [6.45, 7) is 5.06. The molecule has 0 saturated carbocycles. The lowest BCUT2D eigenvalue weighted by Gasteiger charge is -2.11. The first kappa shape index (κ1) is 17.1. The van der Waals surface area contributed by atoms with Crippen LogP contribution in [-0.4, -0.2) is 19.1 Å². The number of carbonyl (C=O) groups excluding carboxylic acids is 1. The number of unbranched alkanes of at least 4 members (excludes halogenated alkanes) is 3. The van der Waals surface area contributed by atoms with Crippen LogP contribution >= 0.6 is 12.4 Å². The van der Waals surface area contributed by atoms with Gasteiger partial charge in [0.05, 0.1) is 12.5 Å². The van der Waals surface area contributed by atoms with Gasteiger partial charge in [0.25, 0.3) is 0 Å². The van der Waals surface area contributed by atoms with Gasteiger partial charge >= 0.3 is 5.97 Å². The number of carbonyl (C=O) groups is 1. The predicted molar refractivity (Wildman–Crippen MR) is 65.2 cm³/mol. The van der Waals surface area contributed by atoms with Crippen LogP contribution in [0, 0.1) is 5.92 Å². The van der Waals surface area contributed by atoms with Gasteiger partial charge in [-0.3, -0.25) is 4.79 Å². The first-order valence-electron chi connectivity index (χ1n) is 5.62. The zero-order chi connectivity index (χ0) is 10.8. The molecule has 0 aromatic heterocycles. The van der Waals surface area contributed by atoms with Gasteiger partial charge in [-0.15, -0.1) is 12.4 Å². The highest BCUT2D eigenvalue weighted by Crippen LogP contribution is 2.05. The minimum Gasteiger partial charge on any atom is -0.465 e. The van der Waals surface area contributed by atoms with E-state index >= 15 is 0 Å². The number of nitrogens with two attached hydrogens (primary N) is 1. The Labute approximate surface area is 99.2 Å². The van der Waals surface area contributed by atoms with E-state index in [9.17, 15) is 4.79 Å². The molecule has 0 spiro atoms. The van der Waals surface area contributed by atoms with E-state index in [0.717, 1.165) is 19.3 Å². The SMILES string of the molecule is CCCCCCOC(=O)[C@@H](CC)CN.Cl. The van der Waals surface area contributed by atoms with Crippen molar-refractivity contribution in [1.29, 1.82) is 0 Å². The van der Waals surface area contributed by atoms with Gasteiger partial charge in [0.1, 0.15) is 0 Å². The molecule has 15 heavy (non-hydrogen) atoms. The zero-order valence-electron chi connectivity index (χ0n) is 9.83. The third-order valence-electron chi connectivity index (χ3n) is 2.35. The Morgan fingerprint density at radius 2 is 1.93 bits per heavy atom. The van der Waals surface area contributed by atoms with Gasteiger partial charge in [0, 0.05) is 6.54 Å². The Bertz CT molecular complexity index is 150. The van der Waals surface area contributed by atoms with Crippen LogP contribution < -0.4 is 5.73 Å². The first-order chi connectivity index (χ1) is 6.76. The van der Waals surface area contributed by atoms with Gasteiger partial charge in [-0.2, -0.15) is 0 Å². The van der Waals surface area contributed by atoms with Crippen molar-refractivity contribution in [3.8, 4) is 0 Å². The Hall–Kier alpha value is -0.280.